The second kappa shape index (κ2) is 8.26. The quantitative estimate of drug-likeness (QED) is 0.736. The smallest absolute Gasteiger partial charge is 0.251 e. The first-order valence-electron chi connectivity index (χ1n) is 9.50. The van der Waals surface area contributed by atoms with Gasteiger partial charge in [-0.15, -0.1) is 0 Å². The van der Waals surface area contributed by atoms with Crippen LogP contribution in [0.2, 0.25) is 0 Å². The summed E-state index contributed by atoms with van der Waals surface area (Å²) >= 11 is 0. The molecule has 1 saturated carbocycles. The van der Waals surface area contributed by atoms with Gasteiger partial charge in [0, 0.05) is 23.4 Å². The van der Waals surface area contributed by atoms with Crippen molar-refractivity contribution in [1.82, 2.24) is 5.32 Å². The molecule has 1 heterocycles. The standard InChI is InChI=1S/C22H22N2O5/c1-27-18-12-14(13-19-21(18)29-11-10-28-19)2-9-20(25)23-16-5-3-15(4-6-16)22(26)24-17-7-8-17/h2-6,9,12-13,17H,7-8,10-11H2,1H3,(H,23,25)(H,24,26)/b9-2+. The van der Waals surface area contributed by atoms with E-state index in [1.165, 1.54) is 6.08 Å². The summed E-state index contributed by atoms with van der Waals surface area (Å²) in [6.45, 7) is 0.945. The van der Waals surface area contributed by atoms with Gasteiger partial charge in [-0.2, -0.15) is 0 Å². The zero-order valence-electron chi connectivity index (χ0n) is 16.1. The summed E-state index contributed by atoms with van der Waals surface area (Å²) in [5.74, 6) is 1.36. The summed E-state index contributed by atoms with van der Waals surface area (Å²) in [5.41, 5.74) is 1.95. The van der Waals surface area contributed by atoms with E-state index in [-0.39, 0.29) is 11.8 Å². The first kappa shape index (κ1) is 18.9. The highest BCUT2D eigenvalue weighted by Gasteiger charge is 2.23. The number of amides is 2. The van der Waals surface area contributed by atoms with E-state index in [1.54, 1.807) is 49.6 Å². The number of anilines is 1. The average molecular weight is 394 g/mol. The van der Waals surface area contributed by atoms with Crippen molar-refractivity contribution in [2.75, 3.05) is 25.6 Å². The number of carbonyl (C=O) groups excluding carboxylic acids is 2. The van der Waals surface area contributed by atoms with E-state index >= 15 is 0 Å². The number of carbonyl (C=O) groups is 2. The number of methoxy groups -OCH3 is 1. The number of hydrogen-bond acceptors (Lipinski definition) is 5. The van der Waals surface area contributed by atoms with Crippen LogP contribution < -0.4 is 24.8 Å². The minimum absolute atomic E-state index is 0.0853. The van der Waals surface area contributed by atoms with Gasteiger partial charge >= 0.3 is 0 Å². The van der Waals surface area contributed by atoms with Crippen LogP contribution in [0.3, 0.4) is 0 Å². The molecule has 2 aliphatic rings. The average Bonchev–Trinajstić information content (AvgIpc) is 3.56. The van der Waals surface area contributed by atoms with Crippen molar-refractivity contribution in [3.05, 3.63) is 53.6 Å². The van der Waals surface area contributed by atoms with Gasteiger partial charge in [0.2, 0.25) is 11.7 Å². The van der Waals surface area contributed by atoms with Gasteiger partial charge in [-0.25, -0.2) is 0 Å². The lowest BCUT2D eigenvalue weighted by molar-refractivity contribution is -0.111. The molecule has 7 heteroatoms. The molecule has 1 aliphatic heterocycles. The van der Waals surface area contributed by atoms with E-state index in [0.717, 1.165) is 18.4 Å². The van der Waals surface area contributed by atoms with Crippen LogP contribution in [0.4, 0.5) is 5.69 Å². The van der Waals surface area contributed by atoms with Crippen molar-refractivity contribution in [3.8, 4) is 17.2 Å². The van der Waals surface area contributed by atoms with Crippen LogP contribution in [0.15, 0.2) is 42.5 Å². The molecule has 4 rings (SSSR count). The maximum absolute atomic E-state index is 12.2. The Hall–Kier alpha value is -3.48. The first-order valence-corrected chi connectivity index (χ1v) is 9.50. The van der Waals surface area contributed by atoms with Gasteiger partial charge in [0.1, 0.15) is 13.2 Å². The van der Waals surface area contributed by atoms with Gasteiger partial charge in [-0.3, -0.25) is 9.59 Å². The van der Waals surface area contributed by atoms with Crippen LogP contribution in [0.5, 0.6) is 17.2 Å². The zero-order chi connectivity index (χ0) is 20.2. The SMILES string of the molecule is COc1cc(/C=C/C(=O)Nc2ccc(C(=O)NC3CC3)cc2)cc2c1OCCO2. The fourth-order valence-corrected chi connectivity index (χ4v) is 2.95. The van der Waals surface area contributed by atoms with Gasteiger partial charge in [0.15, 0.2) is 11.5 Å². The lowest BCUT2D eigenvalue weighted by Gasteiger charge is -2.20. The number of fused-ring (bicyclic) bond motifs is 1. The third-order valence-corrected chi connectivity index (χ3v) is 4.60. The van der Waals surface area contributed by atoms with Gasteiger partial charge in [-0.1, -0.05) is 0 Å². The molecule has 2 amide bonds. The second-order valence-corrected chi connectivity index (χ2v) is 6.90. The Kier molecular flexibility index (Phi) is 5.37. The molecule has 0 unspecified atom stereocenters. The van der Waals surface area contributed by atoms with E-state index in [9.17, 15) is 9.59 Å². The van der Waals surface area contributed by atoms with Crippen molar-refractivity contribution >= 4 is 23.6 Å². The Morgan fingerprint density at radius 1 is 1.10 bits per heavy atom. The number of ether oxygens (including phenoxy) is 3. The topological polar surface area (TPSA) is 85.9 Å². The summed E-state index contributed by atoms with van der Waals surface area (Å²) in [5, 5.41) is 5.71. The largest absolute Gasteiger partial charge is 0.493 e. The molecule has 2 aromatic carbocycles. The van der Waals surface area contributed by atoms with Crippen molar-refractivity contribution in [2.45, 2.75) is 18.9 Å². The van der Waals surface area contributed by atoms with E-state index in [1.807, 2.05) is 0 Å². The lowest BCUT2D eigenvalue weighted by atomic mass is 10.1. The Morgan fingerprint density at radius 3 is 2.59 bits per heavy atom. The molecule has 2 N–H and O–H groups in total. The molecule has 0 aromatic heterocycles. The molecule has 0 bridgehead atoms. The maximum atomic E-state index is 12.2. The number of rotatable bonds is 6. The maximum Gasteiger partial charge on any atom is 0.251 e. The molecule has 150 valence electrons. The van der Waals surface area contributed by atoms with Crippen LogP contribution in [0.1, 0.15) is 28.8 Å². The summed E-state index contributed by atoms with van der Waals surface area (Å²) < 4.78 is 16.5. The van der Waals surface area contributed by atoms with Crippen molar-refractivity contribution in [3.63, 3.8) is 0 Å². The molecular weight excluding hydrogens is 372 g/mol. The summed E-state index contributed by atoms with van der Waals surface area (Å²) in [4.78, 5) is 24.2. The van der Waals surface area contributed by atoms with Gasteiger partial charge in [0.25, 0.3) is 5.91 Å². The molecule has 0 atom stereocenters. The van der Waals surface area contributed by atoms with Crippen LogP contribution in [0, 0.1) is 0 Å². The summed E-state index contributed by atoms with van der Waals surface area (Å²) in [7, 11) is 1.56. The van der Waals surface area contributed by atoms with Crippen LogP contribution in [-0.2, 0) is 4.79 Å². The highest BCUT2D eigenvalue weighted by molar-refractivity contribution is 6.02. The monoisotopic (exact) mass is 394 g/mol. The molecule has 7 nitrogen and oxygen atoms in total. The van der Waals surface area contributed by atoms with E-state index < -0.39 is 0 Å². The Balaban J connectivity index is 1.39. The molecule has 0 saturated heterocycles. The normalized spacial score (nSPS) is 15.1. The predicted octanol–water partition coefficient (Wildman–Crippen LogP) is 3.01. The van der Waals surface area contributed by atoms with Crippen LogP contribution in [-0.4, -0.2) is 38.2 Å². The summed E-state index contributed by atoms with van der Waals surface area (Å²) in [6, 6.07) is 10.7. The van der Waals surface area contributed by atoms with Crippen molar-refractivity contribution in [2.24, 2.45) is 0 Å². The fraction of sp³-hybridized carbons (Fsp3) is 0.273. The number of benzene rings is 2. The molecule has 1 aliphatic carbocycles. The van der Waals surface area contributed by atoms with E-state index in [0.29, 0.717) is 47.8 Å². The number of nitrogens with one attached hydrogen (secondary N) is 2. The molecule has 1 fully saturated rings. The van der Waals surface area contributed by atoms with Gasteiger partial charge < -0.3 is 24.8 Å². The van der Waals surface area contributed by atoms with Gasteiger partial charge in [-0.05, 0) is 60.9 Å². The minimum Gasteiger partial charge on any atom is -0.493 e. The van der Waals surface area contributed by atoms with Crippen molar-refractivity contribution in [1.29, 1.82) is 0 Å². The lowest BCUT2D eigenvalue weighted by Crippen LogP contribution is -2.25. The second-order valence-electron chi connectivity index (χ2n) is 6.90. The van der Waals surface area contributed by atoms with E-state index in [2.05, 4.69) is 10.6 Å². The zero-order valence-corrected chi connectivity index (χ0v) is 16.1. The van der Waals surface area contributed by atoms with E-state index in [4.69, 9.17) is 14.2 Å². The van der Waals surface area contributed by atoms with Gasteiger partial charge in [0.05, 0.1) is 7.11 Å². The van der Waals surface area contributed by atoms with Crippen LogP contribution in [0.25, 0.3) is 6.08 Å². The molecule has 2 aromatic rings. The minimum atomic E-state index is -0.283. The highest BCUT2D eigenvalue weighted by Crippen LogP contribution is 2.40. The summed E-state index contributed by atoms with van der Waals surface area (Å²) in [6.07, 6.45) is 5.19. The molecule has 29 heavy (non-hydrogen) atoms. The third kappa shape index (κ3) is 4.68. The molecule has 0 spiro atoms. The molecule has 0 radical (unpaired) electrons. The first-order chi connectivity index (χ1) is 14.1. The fourth-order valence-electron chi connectivity index (χ4n) is 2.95. The van der Waals surface area contributed by atoms with Crippen LogP contribution >= 0.6 is 0 Å². The Bertz CT molecular complexity index is 931. The van der Waals surface area contributed by atoms with Crippen molar-refractivity contribution < 1.29 is 23.8 Å². The Morgan fingerprint density at radius 2 is 1.86 bits per heavy atom. The number of hydrogen-bond donors (Lipinski definition) is 2. The highest BCUT2D eigenvalue weighted by atomic mass is 16.6. The third-order valence-electron chi connectivity index (χ3n) is 4.60. The predicted molar refractivity (Wildman–Crippen MR) is 109 cm³/mol. The molecular formula is C22H22N2O5. The Labute approximate surface area is 168 Å².